The minimum atomic E-state index is -0.318. The molecule has 2 rings (SSSR count). The first-order valence-electron chi connectivity index (χ1n) is 5.11. The molecule has 4 nitrogen and oxygen atoms in total. The summed E-state index contributed by atoms with van der Waals surface area (Å²) in [5, 5.41) is 3.18. The number of carbonyl (C=O) groups excluding carboxylic acids is 1. The number of hydrogen-bond donors (Lipinski definition) is 1. The van der Waals surface area contributed by atoms with E-state index in [1.54, 1.807) is 12.3 Å². The van der Waals surface area contributed by atoms with Crippen molar-refractivity contribution in [1.82, 2.24) is 9.97 Å². The number of carbonyl (C=O) groups is 1. The summed E-state index contributed by atoms with van der Waals surface area (Å²) in [5.74, 6) is -0.318. The molecular weight excluding hydrogens is 318 g/mol. The van der Waals surface area contributed by atoms with Crippen molar-refractivity contribution in [3.8, 4) is 0 Å². The van der Waals surface area contributed by atoms with Crippen molar-refractivity contribution in [2.24, 2.45) is 0 Å². The van der Waals surface area contributed by atoms with Crippen LogP contribution in [-0.4, -0.2) is 15.9 Å². The summed E-state index contributed by atoms with van der Waals surface area (Å²) in [4.78, 5) is 19.9. The molecule has 0 saturated heterocycles. The molecule has 2 heterocycles. The Bertz CT molecular complexity index is 604. The second-order valence-corrected chi connectivity index (χ2v) is 4.83. The molecule has 0 fully saturated rings. The van der Waals surface area contributed by atoms with E-state index in [0.717, 1.165) is 10.2 Å². The first-order chi connectivity index (χ1) is 8.56. The smallest absolute Gasteiger partial charge is 0.274 e. The molecule has 6 heteroatoms. The number of aromatic nitrogens is 2. The number of anilines is 1. The summed E-state index contributed by atoms with van der Waals surface area (Å²) in [6.07, 6.45) is 3.06. The molecule has 0 aromatic carbocycles. The van der Waals surface area contributed by atoms with Gasteiger partial charge in [-0.15, -0.1) is 0 Å². The largest absolute Gasteiger partial charge is 0.319 e. The highest BCUT2D eigenvalue weighted by atomic mass is 79.9. The van der Waals surface area contributed by atoms with E-state index in [4.69, 9.17) is 11.6 Å². The average Bonchev–Trinajstić information content (AvgIpc) is 2.34. The van der Waals surface area contributed by atoms with Crippen molar-refractivity contribution in [1.29, 1.82) is 0 Å². The highest BCUT2D eigenvalue weighted by molar-refractivity contribution is 9.10. The van der Waals surface area contributed by atoms with Crippen molar-refractivity contribution in [2.75, 3.05) is 5.32 Å². The zero-order valence-corrected chi connectivity index (χ0v) is 11.8. The van der Waals surface area contributed by atoms with Gasteiger partial charge in [0.05, 0.1) is 11.9 Å². The maximum absolute atomic E-state index is 11.9. The van der Waals surface area contributed by atoms with Crippen LogP contribution in [0.3, 0.4) is 0 Å². The minimum Gasteiger partial charge on any atom is -0.319 e. The Kier molecular flexibility index (Phi) is 3.93. The first-order valence-corrected chi connectivity index (χ1v) is 6.28. The van der Waals surface area contributed by atoms with Crippen LogP contribution in [0.5, 0.6) is 0 Å². The molecule has 0 aliphatic heterocycles. The number of nitrogens with one attached hydrogen (secondary N) is 1. The Morgan fingerprint density at radius 2 is 2.17 bits per heavy atom. The van der Waals surface area contributed by atoms with Crippen LogP contribution in [0.25, 0.3) is 0 Å². The highest BCUT2D eigenvalue weighted by Gasteiger charge is 2.09. The highest BCUT2D eigenvalue weighted by Crippen LogP contribution is 2.17. The number of pyridine rings is 2. The molecule has 0 aliphatic rings. The van der Waals surface area contributed by atoms with E-state index in [1.165, 1.54) is 12.3 Å². The van der Waals surface area contributed by atoms with E-state index in [-0.39, 0.29) is 11.6 Å². The minimum absolute atomic E-state index is 0.267. The maximum Gasteiger partial charge on any atom is 0.274 e. The topological polar surface area (TPSA) is 54.9 Å². The standard InChI is InChI=1S/C12H9BrClN3O/c1-7-4-9(6-16-11(7)13)17-12(18)10-5-8(14)2-3-15-10/h2-6H,1H3,(H,17,18). The molecule has 18 heavy (non-hydrogen) atoms. The van der Waals surface area contributed by atoms with Crippen molar-refractivity contribution in [2.45, 2.75) is 6.92 Å². The summed E-state index contributed by atoms with van der Waals surface area (Å²) >= 11 is 9.10. The van der Waals surface area contributed by atoms with E-state index in [1.807, 2.05) is 13.0 Å². The van der Waals surface area contributed by atoms with Gasteiger partial charge >= 0.3 is 0 Å². The summed E-state index contributed by atoms with van der Waals surface area (Å²) in [6.45, 7) is 1.89. The molecule has 0 atom stereocenters. The van der Waals surface area contributed by atoms with Gasteiger partial charge < -0.3 is 5.32 Å². The summed E-state index contributed by atoms with van der Waals surface area (Å²) in [6, 6.07) is 4.94. The van der Waals surface area contributed by atoms with Crippen LogP contribution >= 0.6 is 27.5 Å². The lowest BCUT2D eigenvalue weighted by Crippen LogP contribution is -2.13. The van der Waals surface area contributed by atoms with Crippen molar-refractivity contribution >= 4 is 39.1 Å². The maximum atomic E-state index is 11.9. The van der Waals surface area contributed by atoms with Crippen LogP contribution in [0.4, 0.5) is 5.69 Å². The Morgan fingerprint density at radius 1 is 1.39 bits per heavy atom. The van der Waals surface area contributed by atoms with Gasteiger partial charge in [-0.1, -0.05) is 11.6 Å². The van der Waals surface area contributed by atoms with Gasteiger partial charge in [0.15, 0.2) is 0 Å². The normalized spacial score (nSPS) is 10.2. The molecule has 0 radical (unpaired) electrons. The van der Waals surface area contributed by atoms with Gasteiger partial charge in [0.2, 0.25) is 0 Å². The fourth-order valence-electron chi connectivity index (χ4n) is 1.35. The van der Waals surface area contributed by atoms with Gasteiger partial charge in [-0.25, -0.2) is 4.98 Å². The van der Waals surface area contributed by atoms with Crippen molar-refractivity contribution in [3.05, 3.63) is 51.5 Å². The third kappa shape index (κ3) is 3.05. The molecule has 0 aliphatic carbocycles. The number of hydrogen-bond acceptors (Lipinski definition) is 3. The van der Waals surface area contributed by atoms with Crippen molar-refractivity contribution in [3.63, 3.8) is 0 Å². The second-order valence-electron chi connectivity index (χ2n) is 3.65. The molecule has 0 saturated carbocycles. The van der Waals surface area contributed by atoms with Crippen LogP contribution in [-0.2, 0) is 0 Å². The predicted octanol–water partition coefficient (Wildman–Crippen LogP) is 3.45. The van der Waals surface area contributed by atoms with Gasteiger partial charge in [0.25, 0.3) is 5.91 Å². The van der Waals surface area contributed by atoms with Crippen LogP contribution < -0.4 is 5.32 Å². The van der Waals surface area contributed by atoms with E-state index in [9.17, 15) is 4.79 Å². The molecule has 1 amide bonds. The molecular formula is C12H9BrClN3O. The van der Waals surface area contributed by atoms with E-state index in [0.29, 0.717) is 10.7 Å². The van der Waals surface area contributed by atoms with Crippen LogP contribution in [0.1, 0.15) is 16.1 Å². The van der Waals surface area contributed by atoms with E-state index in [2.05, 4.69) is 31.2 Å². The van der Waals surface area contributed by atoms with Gasteiger partial charge in [0, 0.05) is 11.2 Å². The van der Waals surface area contributed by atoms with Gasteiger partial charge in [-0.05, 0) is 46.6 Å². The quantitative estimate of drug-likeness (QED) is 0.860. The third-order valence-corrected chi connectivity index (χ3v) is 3.29. The zero-order valence-electron chi connectivity index (χ0n) is 9.45. The third-order valence-electron chi connectivity index (χ3n) is 2.23. The molecule has 2 aromatic rings. The van der Waals surface area contributed by atoms with Crippen LogP contribution in [0.2, 0.25) is 5.02 Å². The molecule has 0 spiro atoms. The van der Waals surface area contributed by atoms with E-state index >= 15 is 0 Å². The SMILES string of the molecule is Cc1cc(NC(=O)c2cc(Cl)ccn2)cnc1Br. The Balaban J connectivity index is 2.18. The van der Waals surface area contributed by atoms with Gasteiger partial charge in [0.1, 0.15) is 10.3 Å². The first kappa shape index (κ1) is 13.0. The summed E-state index contributed by atoms with van der Waals surface area (Å²) < 4.78 is 0.751. The lowest BCUT2D eigenvalue weighted by atomic mass is 10.3. The fourth-order valence-corrected chi connectivity index (χ4v) is 1.73. The predicted molar refractivity (Wildman–Crippen MR) is 73.9 cm³/mol. The van der Waals surface area contributed by atoms with Gasteiger partial charge in [-0.2, -0.15) is 0 Å². The monoisotopic (exact) mass is 325 g/mol. The number of aryl methyl sites for hydroxylation is 1. The van der Waals surface area contributed by atoms with E-state index < -0.39 is 0 Å². The fraction of sp³-hybridized carbons (Fsp3) is 0.0833. The molecule has 1 N–H and O–H groups in total. The number of amides is 1. The zero-order chi connectivity index (χ0) is 13.1. The molecule has 2 aromatic heterocycles. The summed E-state index contributed by atoms with van der Waals surface area (Å²) in [7, 11) is 0. The number of nitrogens with zero attached hydrogens (tertiary/aromatic N) is 2. The van der Waals surface area contributed by atoms with Crippen molar-refractivity contribution < 1.29 is 4.79 Å². The Hall–Kier alpha value is -1.46. The molecule has 0 bridgehead atoms. The van der Waals surface area contributed by atoms with Crippen LogP contribution in [0, 0.1) is 6.92 Å². The Morgan fingerprint density at radius 3 is 2.83 bits per heavy atom. The van der Waals surface area contributed by atoms with Gasteiger partial charge in [-0.3, -0.25) is 9.78 Å². The average molecular weight is 327 g/mol. The number of rotatable bonds is 2. The Labute approximate surface area is 118 Å². The second kappa shape index (κ2) is 5.46. The molecule has 92 valence electrons. The lowest BCUT2D eigenvalue weighted by Gasteiger charge is -2.06. The summed E-state index contributed by atoms with van der Waals surface area (Å²) in [5.41, 5.74) is 1.82. The molecule has 0 unspecified atom stereocenters. The lowest BCUT2D eigenvalue weighted by molar-refractivity contribution is 0.102. The van der Waals surface area contributed by atoms with Crippen LogP contribution in [0.15, 0.2) is 35.2 Å². The number of halogens is 2.